The number of amides is 1. The number of ether oxygens (including phenoxy) is 1. The van der Waals surface area contributed by atoms with Crippen LogP contribution in [-0.2, 0) is 14.6 Å². The average Bonchev–Trinajstić information content (AvgIpc) is 2.46. The second-order valence-corrected chi connectivity index (χ2v) is 8.29. The van der Waals surface area contributed by atoms with E-state index in [0.717, 1.165) is 0 Å². The van der Waals surface area contributed by atoms with Gasteiger partial charge in [0.05, 0.1) is 11.3 Å². The summed E-state index contributed by atoms with van der Waals surface area (Å²) >= 11 is 0. The molecule has 0 aliphatic carbocycles. The molecule has 0 aliphatic heterocycles. The first-order valence-corrected chi connectivity index (χ1v) is 8.74. The number of carbonyl (C=O) groups is 1. The predicted molar refractivity (Wildman–Crippen MR) is 83.1 cm³/mol. The molecule has 1 aromatic carbocycles. The van der Waals surface area contributed by atoms with Gasteiger partial charge in [-0.2, -0.15) is 8.78 Å². The van der Waals surface area contributed by atoms with Gasteiger partial charge in [-0.05, 0) is 45.4 Å². The van der Waals surface area contributed by atoms with Crippen LogP contribution in [0.5, 0.6) is 5.75 Å². The van der Waals surface area contributed by atoms with Crippen molar-refractivity contribution in [1.82, 2.24) is 5.32 Å². The van der Waals surface area contributed by atoms with Crippen molar-refractivity contribution in [1.29, 1.82) is 0 Å². The summed E-state index contributed by atoms with van der Waals surface area (Å²) < 4.78 is 52.4. The number of hydrogen-bond donors (Lipinski definition) is 1. The first-order valence-electron chi connectivity index (χ1n) is 7.13. The van der Waals surface area contributed by atoms with Gasteiger partial charge in [0.2, 0.25) is 5.91 Å². The molecule has 5 nitrogen and oxygen atoms in total. The summed E-state index contributed by atoms with van der Waals surface area (Å²) in [7, 11) is -3.54. The Hall–Kier alpha value is -1.70. The van der Waals surface area contributed by atoms with E-state index >= 15 is 0 Å². The fourth-order valence-electron chi connectivity index (χ4n) is 1.91. The van der Waals surface area contributed by atoms with E-state index in [1.165, 1.54) is 45.0 Å². The van der Waals surface area contributed by atoms with Crippen LogP contribution in [0.1, 0.15) is 39.3 Å². The molecular formula is C15H21F2NO4S. The monoisotopic (exact) mass is 349 g/mol. The molecule has 0 fully saturated rings. The SMILES string of the molecule is CC(C)S(=O)(=O)[C@@H](C)C(=O)N[C@@H](C)c1ccc(OC(F)F)cc1. The lowest BCUT2D eigenvalue weighted by molar-refractivity contribution is -0.121. The van der Waals surface area contributed by atoms with E-state index in [4.69, 9.17) is 0 Å². The van der Waals surface area contributed by atoms with Gasteiger partial charge >= 0.3 is 6.61 Å². The molecule has 1 amide bonds. The largest absolute Gasteiger partial charge is 0.435 e. The van der Waals surface area contributed by atoms with Crippen molar-refractivity contribution >= 4 is 15.7 Å². The predicted octanol–water partition coefficient (Wildman–Crippen LogP) is 2.68. The fourth-order valence-corrected chi connectivity index (χ4v) is 3.09. The molecule has 0 saturated carbocycles. The lowest BCUT2D eigenvalue weighted by Gasteiger charge is -2.19. The van der Waals surface area contributed by atoms with Crippen LogP contribution in [0.15, 0.2) is 24.3 Å². The van der Waals surface area contributed by atoms with Crippen molar-refractivity contribution in [2.45, 2.75) is 50.8 Å². The van der Waals surface area contributed by atoms with Gasteiger partial charge in [-0.25, -0.2) is 8.42 Å². The molecule has 0 aliphatic rings. The Balaban J connectivity index is 2.75. The van der Waals surface area contributed by atoms with Crippen LogP contribution in [0.3, 0.4) is 0 Å². The third-order valence-corrected chi connectivity index (χ3v) is 6.00. The maximum absolute atomic E-state index is 12.1. The van der Waals surface area contributed by atoms with Crippen LogP contribution in [0.4, 0.5) is 8.78 Å². The molecule has 0 spiro atoms. The summed E-state index contributed by atoms with van der Waals surface area (Å²) in [6, 6.07) is 5.32. The highest BCUT2D eigenvalue weighted by molar-refractivity contribution is 7.93. The van der Waals surface area contributed by atoms with Gasteiger partial charge in [-0.15, -0.1) is 0 Å². The summed E-state index contributed by atoms with van der Waals surface area (Å²) in [5.41, 5.74) is 0.647. The maximum Gasteiger partial charge on any atom is 0.387 e. The Morgan fingerprint density at radius 2 is 1.61 bits per heavy atom. The van der Waals surface area contributed by atoms with Crippen LogP contribution in [0.2, 0.25) is 0 Å². The number of hydrogen-bond acceptors (Lipinski definition) is 4. The van der Waals surface area contributed by atoms with Crippen LogP contribution in [0, 0.1) is 0 Å². The molecule has 0 saturated heterocycles. The molecule has 0 heterocycles. The number of halogens is 2. The molecule has 8 heteroatoms. The quantitative estimate of drug-likeness (QED) is 0.821. The summed E-state index contributed by atoms with van der Waals surface area (Å²) in [6.07, 6.45) is 0. The van der Waals surface area contributed by atoms with E-state index in [0.29, 0.717) is 5.56 Å². The Kier molecular flexibility index (Phi) is 6.49. The number of sulfone groups is 1. The fraction of sp³-hybridized carbons (Fsp3) is 0.533. The summed E-state index contributed by atoms with van der Waals surface area (Å²) in [6.45, 7) is 3.15. The molecule has 0 unspecified atom stereocenters. The molecule has 130 valence electrons. The third-order valence-electron chi connectivity index (χ3n) is 3.48. The van der Waals surface area contributed by atoms with Gasteiger partial charge in [-0.1, -0.05) is 12.1 Å². The summed E-state index contributed by atoms with van der Waals surface area (Å²) in [5.74, 6) is -0.586. The highest BCUT2D eigenvalue weighted by Crippen LogP contribution is 2.20. The standard InChI is InChI=1S/C15H21F2NO4S/c1-9(2)23(20,21)11(4)14(19)18-10(3)12-5-7-13(8-6-12)22-15(16)17/h5-11,15H,1-4H3,(H,18,19)/t10-,11-/m0/s1. The van der Waals surface area contributed by atoms with Crippen LogP contribution < -0.4 is 10.1 Å². The molecule has 2 atom stereocenters. The molecular weight excluding hydrogens is 328 g/mol. The smallest absolute Gasteiger partial charge is 0.387 e. The van der Waals surface area contributed by atoms with Gasteiger partial charge < -0.3 is 10.1 Å². The van der Waals surface area contributed by atoms with E-state index in [2.05, 4.69) is 10.1 Å². The van der Waals surface area contributed by atoms with Gasteiger partial charge in [0, 0.05) is 0 Å². The number of alkyl halides is 2. The second kappa shape index (κ2) is 7.72. The zero-order valence-corrected chi connectivity index (χ0v) is 14.2. The second-order valence-electron chi connectivity index (χ2n) is 5.46. The highest BCUT2D eigenvalue weighted by atomic mass is 32.2. The average molecular weight is 349 g/mol. The minimum atomic E-state index is -3.54. The lowest BCUT2D eigenvalue weighted by atomic mass is 10.1. The summed E-state index contributed by atoms with van der Waals surface area (Å²) in [5, 5.41) is 0.801. The van der Waals surface area contributed by atoms with E-state index in [1.54, 1.807) is 6.92 Å². The Bertz CT molecular complexity index is 629. The van der Waals surface area contributed by atoms with Gasteiger partial charge in [0.1, 0.15) is 11.0 Å². The van der Waals surface area contributed by atoms with Gasteiger partial charge in [-0.3, -0.25) is 4.79 Å². The highest BCUT2D eigenvalue weighted by Gasteiger charge is 2.31. The zero-order valence-electron chi connectivity index (χ0n) is 13.4. The van der Waals surface area contributed by atoms with Crippen LogP contribution in [-0.4, -0.2) is 31.4 Å². The van der Waals surface area contributed by atoms with E-state index in [-0.39, 0.29) is 5.75 Å². The molecule has 1 rings (SSSR count). The maximum atomic E-state index is 12.1. The van der Waals surface area contributed by atoms with E-state index < -0.39 is 38.9 Å². The first kappa shape index (κ1) is 19.3. The van der Waals surface area contributed by atoms with Crippen LogP contribution in [0.25, 0.3) is 0 Å². The van der Waals surface area contributed by atoms with Crippen molar-refractivity contribution < 1.29 is 26.7 Å². The minimum absolute atomic E-state index is 0.0121. The van der Waals surface area contributed by atoms with E-state index in [9.17, 15) is 22.0 Å². The lowest BCUT2D eigenvalue weighted by Crippen LogP contribution is -2.41. The first-order chi connectivity index (χ1) is 10.6. The van der Waals surface area contributed by atoms with Gasteiger partial charge in [0.25, 0.3) is 0 Å². The molecule has 0 bridgehead atoms. The van der Waals surface area contributed by atoms with Crippen LogP contribution >= 0.6 is 0 Å². The molecule has 1 N–H and O–H groups in total. The Morgan fingerprint density at radius 1 is 1.09 bits per heavy atom. The number of benzene rings is 1. The molecule has 1 aromatic rings. The number of carbonyl (C=O) groups excluding carboxylic acids is 1. The van der Waals surface area contributed by atoms with Crippen molar-refractivity contribution in [3.63, 3.8) is 0 Å². The number of rotatable bonds is 7. The minimum Gasteiger partial charge on any atom is -0.435 e. The Morgan fingerprint density at radius 3 is 2.04 bits per heavy atom. The van der Waals surface area contributed by atoms with Crippen molar-refractivity contribution in [3.05, 3.63) is 29.8 Å². The van der Waals surface area contributed by atoms with Crippen molar-refractivity contribution in [3.8, 4) is 5.75 Å². The van der Waals surface area contributed by atoms with Crippen molar-refractivity contribution in [2.24, 2.45) is 0 Å². The van der Waals surface area contributed by atoms with Gasteiger partial charge in [0.15, 0.2) is 9.84 Å². The topological polar surface area (TPSA) is 72.5 Å². The number of nitrogens with one attached hydrogen (secondary N) is 1. The normalized spacial score (nSPS) is 14.6. The molecule has 23 heavy (non-hydrogen) atoms. The van der Waals surface area contributed by atoms with Crippen molar-refractivity contribution in [2.75, 3.05) is 0 Å². The molecule has 0 aromatic heterocycles. The summed E-state index contributed by atoms with van der Waals surface area (Å²) in [4.78, 5) is 12.1. The third kappa shape index (κ3) is 5.16. The molecule has 0 radical (unpaired) electrons. The van der Waals surface area contributed by atoms with E-state index in [1.807, 2.05) is 0 Å². The zero-order chi connectivity index (χ0) is 17.8. The Labute approximate surface area is 134 Å².